The van der Waals surface area contributed by atoms with E-state index >= 15 is 0 Å². The van der Waals surface area contributed by atoms with Crippen LogP contribution in [0.25, 0.3) is 0 Å². The van der Waals surface area contributed by atoms with E-state index in [0.717, 1.165) is 19.4 Å². The molecular weight excluding hydrogens is 214 g/mol. The van der Waals surface area contributed by atoms with Crippen molar-refractivity contribution in [1.29, 1.82) is 0 Å². The summed E-state index contributed by atoms with van der Waals surface area (Å²) in [4.78, 5) is 0. The lowest BCUT2D eigenvalue weighted by molar-refractivity contribution is -0.157. The molecule has 0 aromatic heterocycles. The predicted octanol–water partition coefficient (Wildman–Crippen LogP) is 2.87. The van der Waals surface area contributed by atoms with Crippen molar-refractivity contribution in [2.75, 3.05) is 6.61 Å². The van der Waals surface area contributed by atoms with Crippen LogP contribution in [0.3, 0.4) is 0 Å². The lowest BCUT2D eigenvalue weighted by atomic mass is 9.86. The molecule has 3 heteroatoms. The Morgan fingerprint density at radius 2 is 2.00 bits per heavy atom. The number of hydrogen-bond donors (Lipinski definition) is 1. The maximum atomic E-state index is 6.00. The molecule has 0 saturated heterocycles. The van der Waals surface area contributed by atoms with E-state index in [2.05, 4.69) is 13.8 Å². The molecule has 1 saturated carbocycles. The molecule has 3 nitrogen and oxygen atoms in total. The molecule has 0 bridgehead atoms. The molecule has 1 rings (SSSR count). The summed E-state index contributed by atoms with van der Waals surface area (Å²) >= 11 is 0. The second-order valence-corrected chi connectivity index (χ2v) is 5.15. The first kappa shape index (κ1) is 14.9. The Labute approximate surface area is 106 Å². The second-order valence-electron chi connectivity index (χ2n) is 5.15. The summed E-state index contributed by atoms with van der Waals surface area (Å²) in [6.07, 6.45) is 8.02. The van der Waals surface area contributed by atoms with Gasteiger partial charge in [-0.2, -0.15) is 0 Å². The van der Waals surface area contributed by atoms with E-state index in [1.54, 1.807) is 0 Å². The fourth-order valence-corrected chi connectivity index (χ4v) is 2.40. The Bertz CT molecular complexity index is 199. The third kappa shape index (κ3) is 4.94. The smallest absolute Gasteiger partial charge is 0.0988 e. The van der Waals surface area contributed by atoms with Crippen molar-refractivity contribution in [3.05, 3.63) is 0 Å². The lowest BCUT2D eigenvalue weighted by Gasteiger charge is -2.42. The van der Waals surface area contributed by atoms with Crippen LogP contribution in [0.15, 0.2) is 0 Å². The zero-order valence-corrected chi connectivity index (χ0v) is 11.7. The van der Waals surface area contributed by atoms with E-state index in [1.807, 2.05) is 6.92 Å². The van der Waals surface area contributed by atoms with E-state index in [4.69, 9.17) is 15.2 Å². The monoisotopic (exact) mass is 243 g/mol. The van der Waals surface area contributed by atoms with Crippen LogP contribution in [0.1, 0.15) is 59.3 Å². The van der Waals surface area contributed by atoms with Crippen molar-refractivity contribution in [3.8, 4) is 0 Å². The Morgan fingerprint density at radius 3 is 2.59 bits per heavy atom. The minimum absolute atomic E-state index is 0.123. The molecule has 4 atom stereocenters. The maximum Gasteiger partial charge on any atom is 0.0988 e. The highest BCUT2D eigenvalue weighted by Gasteiger charge is 2.40. The molecule has 4 unspecified atom stereocenters. The number of hydrogen-bond acceptors (Lipinski definition) is 3. The molecule has 0 aliphatic heterocycles. The third-order valence-electron chi connectivity index (χ3n) is 3.52. The van der Waals surface area contributed by atoms with Crippen LogP contribution >= 0.6 is 0 Å². The molecule has 1 aliphatic carbocycles. The Morgan fingerprint density at radius 1 is 1.24 bits per heavy atom. The summed E-state index contributed by atoms with van der Waals surface area (Å²) in [7, 11) is 0. The second kappa shape index (κ2) is 8.06. The number of unbranched alkanes of at least 4 members (excludes halogenated alkanes) is 3. The average Bonchev–Trinajstić information content (AvgIpc) is 2.31. The van der Waals surface area contributed by atoms with Gasteiger partial charge in [0.2, 0.25) is 0 Å². The van der Waals surface area contributed by atoms with Crippen LogP contribution < -0.4 is 5.73 Å². The summed E-state index contributed by atoms with van der Waals surface area (Å²) in [6.45, 7) is 7.14. The summed E-state index contributed by atoms with van der Waals surface area (Å²) in [6, 6.07) is 0.173. The van der Waals surface area contributed by atoms with Crippen molar-refractivity contribution in [2.45, 2.75) is 83.6 Å². The summed E-state index contributed by atoms with van der Waals surface area (Å²) < 4.78 is 11.6. The third-order valence-corrected chi connectivity index (χ3v) is 3.52. The van der Waals surface area contributed by atoms with E-state index in [1.165, 1.54) is 25.7 Å². The standard InChI is InChI=1S/C14H29NO2/c1-4-6-7-8-9-11(3)17-13-10-12(15)14(13)16-5-2/h11-14H,4-10,15H2,1-3H3. The van der Waals surface area contributed by atoms with Crippen LogP contribution in [0.5, 0.6) is 0 Å². The van der Waals surface area contributed by atoms with Crippen molar-refractivity contribution in [2.24, 2.45) is 5.73 Å². The van der Waals surface area contributed by atoms with E-state index in [0.29, 0.717) is 6.10 Å². The highest BCUT2D eigenvalue weighted by atomic mass is 16.5. The van der Waals surface area contributed by atoms with Gasteiger partial charge in [0.15, 0.2) is 0 Å². The van der Waals surface area contributed by atoms with Gasteiger partial charge in [0, 0.05) is 12.6 Å². The van der Waals surface area contributed by atoms with E-state index in [9.17, 15) is 0 Å². The minimum Gasteiger partial charge on any atom is -0.374 e. The molecule has 0 amide bonds. The molecule has 102 valence electrons. The Hall–Kier alpha value is -0.120. The SMILES string of the molecule is CCCCCCC(C)OC1CC(N)C1OCC. The Kier molecular flexibility index (Phi) is 7.09. The fraction of sp³-hybridized carbons (Fsp3) is 1.00. The highest BCUT2D eigenvalue weighted by Crippen LogP contribution is 2.27. The van der Waals surface area contributed by atoms with Gasteiger partial charge >= 0.3 is 0 Å². The summed E-state index contributed by atoms with van der Waals surface area (Å²) in [5, 5.41) is 0. The largest absolute Gasteiger partial charge is 0.374 e. The molecule has 1 fully saturated rings. The molecule has 0 radical (unpaired) electrons. The number of ether oxygens (including phenoxy) is 2. The van der Waals surface area contributed by atoms with Crippen molar-refractivity contribution >= 4 is 0 Å². The quantitative estimate of drug-likeness (QED) is 0.633. The fourth-order valence-electron chi connectivity index (χ4n) is 2.40. The highest BCUT2D eigenvalue weighted by molar-refractivity contribution is 4.95. The first-order valence-corrected chi connectivity index (χ1v) is 7.21. The topological polar surface area (TPSA) is 44.5 Å². The van der Waals surface area contributed by atoms with Crippen molar-refractivity contribution in [3.63, 3.8) is 0 Å². The molecule has 2 N–H and O–H groups in total. The first-order valence-electron chi connectivity index (χ1n) is 7.21. The van der Waals surface area contributed by atoms with Crippen molar-refractivity contribution in [1.82, 2.24) is 0 Å². The van der Waals surface area contributed by atoms with Gasteiger partial charge in [0.1, 0.15) is 0 Å². The van der Waals surface area contributed by atoms with Crippen LogP contribution in [0, 0.1) is 0 Å². The first-order chi connectivity index (χ1) is 8.19. The van der Waals surface area contributed by atoms with Gasteiger partial charge in [-0.1, -0.05) is 32.6 Å². The minimum atomic E-state index is 0.123. The molecule has 0 aromatic rings. The zero-order chi connectivity index (χ0) is 12.7. The number of rotatable bonds is 9. The van der Waals surface area contributed by atoms with Gasteiger partial charge in [0.05, 0.1) is 18.3 Å². The molecule has 17 heavy (non-hydrogen) atoms. The van der Waals surface area contributed by atoms with Crippen LogP contribution in [-0.2, 0) is 9.47 Å². The van der Waals surface area contributed by atoms with Crippen LogP contribution in [-0.4, -0.2) is 31.0 Å². The van der Waals surface area contributed by atoms with Gasteiger partial charge < -0.3 is 15.2 Å². The normalized spacial score (nSPS) is 30.0. The molecule has 0 spiro atoms. The van der Waals surface area contributed by atoms with Crippen LogP contribution in [0.4, 0.5) is 0 Å². The van der Waals surface area contributed by atoms with E-state index in [-0.39, 0.29) is 18.2 Å². The van der Waals surface area contributed by atoms with Gasteiger partial charge in [-0.3, -0.25) is 0 Å². The predicted molar refractivity (Wildman–Crippen MR) is 71.1 cm³/mol. The summed E-state index contributed by atoms with van der Waals surface area (Å²) in [5.74, 6) is 0. The zero-order valence-electron chi connectivity index (χ0n) is 11.7. The van der Waals surface area contributed by atoms with Gasteiger partial charge in [-0.05, 0) is 26.7 Å². The van der Waals surface area contributed by atoms with Crippen molar-refractivity contribution < 1.29 is 9.47 Å². The molecule has 0 aromatic carbocycles. The van der Waals surface area contributed by atoms with Gasteiger partial charge in [-0.25, -0.2) is 0 Å². The van der Waals surface area contributed by atoms with Gasteiger partial charge in [-0.15, -0.1) is 0 Å². The van der Waals surface area contributed by atoms with Crippen LogP contribution in [0.2, 0.25) is 0 Å². The number of nitrogens with two attached hydrogens (primary N) is 1. The molecule has 1 aliphatic rings. The summed E-state index contributed by atoms with van der Waals surface area (Å²) in [5.41, 5.74) is 5.91. The molecule has 0 heterocycles. The van der Waals surface area contributed by atoms with E-state index < -0.39 is 0 Å². The lowest BCUT2D eigenvalue weighted by Crippen LogP contribution is -2.58. The Balaban J connectivity index is 2.11. The van der Waals surface area contributed by atoms with Gasteiger partial charge in [0.25, 0.3) is 0 Å². The average molecular weight is 243 g/mol. The molecular formula is C14H29NO2. The maximum absolute atomic E-state index is 6.00.